The Labute approximate surface area is 248 Å². The lowest BCUT2D eigenvalue weighted by molar-refractivity contribution is -0.138. The zero-order valence-corrected chi connectivity index (χ0v) is 24.6. The molecule has 2 aromatic carbocycles. The summed E-state index contributed by atoms with van der Waals surface area (Å²) in [4.78, 5) is 45.8. The highest BCUT2D eigenvalue weighted by Crippen LogP contribution is 2.36. The maximum absolute atomic E-state index is 14.1. The average molecular weight is 644 g/mol. The summed E-state index contributed by atoms with van der Waals surface area (Å²) in [6.45, 7) is 4.91. The third kappa shape index (κ3) is 5.24. The molecule has 13 heteroatoms. The fraction of sp³-hybridized carbons (Fsp3) is 0.276. The van der Waals surface area contributed by atoms with Crippen LogP contribution in [0.1, 0.15) is 57.2 Å². The van der Waals surface area contributed by atoms with Gasteiger partial charge in [0, 0.05) is 39.9 Å². The highest BCUT2D eigenvalue weighted by Gasteiger charge is 2.36. The maximum atomic E-state index is 14.1. The van der Waals surface area contributed by atoms with Gasteiger partial charge in [0.15, 0.2) is 0 Å². The molecule has 5 rings (SSSR count). The van der Waals surface area contributed by atoms with Crippen LogP contribution >= 0.6 is 15.9 Å². The third-order valence-corrected chi connectivity index (χ3v) is 7.80. The van der Waals surface area contributed by atoms with Gasteiger partial charge in [-0.1, -0.05) is 15.9 Å². The van der Waals surface area contributed by atoms with Crippen molar-refractivity contribution in [2.45, 2.75) is 46.0 Å². The fourth-order valence-electron chi connectivity index (χ4n) is 5.00. The number of alkyl halides is 3. The molecular weight excluding hydrogens is 617 g/mol. The lowest BCUT2D eigenvalue weighted by Crippen LogP contribution is -2.46. The van der Waals surface area contributed by atoms with E-state index in [1.807, 2.05) is 0 Å². The minimum atomic E-state index is -4.66. The molecule has 0 radical (unpaired) electrons. The molecule has 42 heavy (non-hydrogen) atoms. The first kappa shape index (κ1) is 27.9. The normalized spacial score (nSPS) is 15.3. The van der Waals surface area contributed by atoms with Crippen molar-refractivity contribution in [3.63, 3.8) is 0 Å². The van der Waals surface area contributed by atoms with Crippen molar-refractivity contribution in [1.29, 1.82) is 0 Å². The SMILES string of the molecule is [2H]c1c(C)nn(-c2nc3c(c(=O)n2-c2ccc(C(=O)NC)cc2)CC(C)N(C(=O)c2ccc(Br)c(C(F)(F)F)c2)C3)c1C. The number of carbonyl (C=O) groups excluding carboxylic acids is 2. The van der Waals surface area contributed by atoms with Gasteiger partial charge in [-0.05, 0) is 75.7 Å². The molecule has 0 bridgehead atoms. The number of aryl methyl sites for hydroxylation is 1. The molecule has 0 fully saturated rings. The summed E-state index contributed by atoms with van der Waals surface area (Å²) in [6.07, 6.45) is -4.56. The summed E-state index contributed by atoms with van der Waals surface area (Å²) in [5.41, 5.74) is 0.705. The largest absolute Gasteiger partial charge is 0.417 e. The molecule has 4 aromatic rings. The lowest BCUT2D eigenvalue weighted by atomic mass is 9.98. The van der Waals surface area contributed by atoms with Gasteiger partial charge in [0.1, 0.15) is 0 Å². The number of aromatic nitrogens is 4. The first-order valence-corrected chi connectivity index (χ1v) is 13.7. The Bertz CT molecular complexity index is 1840. The molecule has 2 amide bonds. The monoisotopic (exact) mass is 643 g/mol. The Balaban J connectivity index is 1.64. The molecule has 2 aromatic heterocycles. The van der Waals surface area contributed by atoms with Gasteiger partial charge in [0.2, 0.25) is 5.95 Å². The van der Waals surface area contributed by atoms with Gasteiger partial charge in [-0.3, -0.25) is 14.4 Å². The Kier molecular flexibility index (Phi) is 7.21. The standard InChI is InChI=1S/C29H26BrF3N6O3/c1-15-11-17(3)39(36-15)28-35-24-14-37(26(41)19-7-10-23(30)22(13-19)29(31,32)33)16(2)12-21(24)27(42)38(28)20-8-5-18(6-9-20)25(40)34-4/h5-11,13,16H,12,14H2,1-4H3,(H,34,40)/i11D. The lowest BCUT2D eigenvalue weighted by Gasteiger charge is -2.34. The van der Waals surface area contributed by atoms with Crippen LogP contribution < -0.4 is 10.9 Å². The summed E-state index contributed by atoms with van der Waals surface area (Å²) >= 11 is 2.90. The number of hydrogen-bond acceptors (Lipinski definition) is 5. The van der Waals surface area contributed by atoms with E-state index in [1.165, 1.54) is 33.3 Å². The topological polar surface area (TPSA) is 102 Å². The zero-order valence-electron chi connectivity index (χ0n) is 24.0. The molecule has 3 heterocycles. The van der Waals surface area contributed by atoms with Crippen molar-refractivity contribution < 1.29 is 24.1 Å². The molecular formula is C29H26BrF3N6O3. The molecule has 1 aliphatic rings. The molecule has 1 N–H and O–H groups in total. The average Bonchev–Trinajstić information content (AvgIpc) is 3.23. The van der Waals surface area contributed by atoms with Gasteiger partial charge in [-0.15, -0.1) is 0 Å². The van der Waals surface area contributed by atoms with Crippen LogP contribution in [0.25, 0.3) is 11.6 Å². The third-order valence-electron chi connectivity index (χ3n) is 7.11. The van der Waals surface area contributed by atoms with E-state index in [0.29, 0.717) is 28.2 Å². The number of nitrogens with one attached hydrogen (secondary N) is 1. The number of rotatable bonds is 4. The number of fused-ring (bicyclic) bond motifs is 1. The second-order valence-electron chi connectivity index (χ2n) is 9.99. The molecule has 0 saturated heterocycles. The molecule has 1 atom stereocenters. The van der Waals surface area contributed by atoms with Crippen LogP contribution in [-0.4, -0.2) is 49.1 Å². The van der Waals surface area contributed by atoms with Crippen molar-refractivity contribution in [1.82, 2.24) is 29.5 Å². The predicted octanol–water partition coefficient (Wildman–Crippen LogP) is 4.76. The second-order valence-corrected chi connectivity index (χ2v) is 10.8. The van der Waals surface area contributed by atoms with Gasteiger partial charge in [-0.25, -0.2) is 14.2 Å². The van der Waals surface area contributed by atoms with E-state index in [-0.39, 0.29) is 46.6 Å². The summed E-state index contributed by atoms with van der Waals surface area (Å²) in [5, 5.41) is 6.97. The highest BCUT2D eigenvalue weighted by atomic mass is 79.9. The molecule has 0 spiro atoms. The number of carbonyl (C=O) groups is 2. The number of amides is 2. The first-order valence-electron chi connectivity index (χ1n) is 13.4. The van der Waals surface area contributed by atoms with Crippen molar-refractivity contribution in [2.75, 3.05) is 7.05 Å². The number of nitrogens with zero attached hydrogens (tertiary/aromatic N) is 5. The molecule has 1 unspecified atom stereocenters. The van der Waals surface area contributed by atoms with Crippen LogP contribution in [-0.2, 0) is 19.1 Å². The summed E-state index contributed by atoms with van der Waals surface area (Å²) < 4.78 is 51.5. The Morgan fingerprint density at radius 2 is 1.79 bits per heavy atom. The van der Waals surface area contributed by atoms with E-state index < -0.39 is 29.2 Å². The van der Waals surface area contributed by atoms with Gasteiger partial charge >= 0.3 is 6.18 Å². The molecule has 0 saturated carbocycles. The number of hydrogen-bond donors (Lipinski definition) is 1. The fourth-order valence-corrected chi connectivity index (χ4v) is 5.47. The van der Waals surface area contributed by atoms with E-state index >= 15 is 0 Å². The number of halogens is 4. The summed E-state index contributed by atoms with van der Waals surface area (Å²) in [6, 6.07) is 9.27. The van der Waals surface area contributed by atoms with Gasteiger partial charge < -0.3 is 10.2 Å². The molecule has 0 aliphatic carbocycles. The van der Waals surface area contributed by atoms with Crippen LogP contribution in [0.4, 0.5) is 13.2 Å². The zero-order chi connectivity index (χ0) is 31.4. The summed E-state index contributed by atoms with van der Waals surface area (Å²) in [5.74, 6) is -0.861. The van der Waals surface area contributed by atoms with E-state index in [1.54, 1.807) is 45.0 Å². The molecule has 1 aliphatic heterocycles. The van der Waals surface area contributed by atoms with Crippen LogP contribution in [0.3, 0.4) is 0 Å². The summed E-state index contributed by atoms with van der Waals surface area (Å²) in [7, 11) is 1.51. The van der Waals surface area contributed by atoms with E-state index in [2.05, 4.69) is 26.3 Å². The quantitative estimate of drug-likeness (QED) is 0.345. The second kappa shape index (κ2) is 10.9. The predicted molar refractivity (Wildman–Crippen MR) is 152 cm³/mol. The number of benzene rings is 2. The van der Waals surface area contributed by atoms with Gasteiger partial charge in [-0.2, -0.15) is 18.3 Å². The van der Waals surface area contributed by atoms with Crippen molar-refractivity contribution in [3.8, 4) is 11.6 Å². The maximum Gasteiger partial charge on any atom is 0.417 e. The Morgan fingerprint density at radius 1 is 1.12 bits per heavy atom. The van der Waals surface area contributed by atoms with E-state index in [9.17, 15) is 27.6 Å². The Hall–Kier alpha value is -4.26. The Morgan fingerprint density at radius 3 is 2.38 bits per heavy atom. The minimum absolute atomic E-state index is 0.0699. The van der Waals surface area contributed by atoms with Crippen LogP contribution in [0, 0.1) is 13.8 Å². The van der Waals surface area contributed by atoms with E-state index in [4.69, 9.17) is 6.35 Å². The molecule has 9 nitrogen and oxygen atoms in total. The van der Waals surface area contributed by atoms with E-state index in [0.717, 1.165) is 6.07 Å². The van der Waals surface area contributed by atoms with Crippen LogP contribution in [0.5, 0.6) is 0 Å². The van der Waals surface area contributed by atoms with Gasteiger partial charge in [0.05, 0.1) is 30.6 Å². The minimum Gasteiger partial charge on any atom is -0.355 e. The van der Waals surface area contributed by atoms with Crippen molar-refractivity contribution >= 4 is 27.7 Å². The van der Waals surface area contributed by atoms with Gasteiger partial charge in [0.25, 0.3) is 17.4 Å². The van der Waals surface area contributed by atoms with Crippen molar-refractivity contribution in [2.24, 2.45) is 0 Å². The molecule has 218 valence electrons. The smallest absolute Gasteiger partial charge is 0.355 e. The van der Waals surface area contributed by atoms with Crippen molar-refractivity contribution in [3.05, 3.63) is 103 Å². The van der Waals surface area contributed by atoms with Crippen LogP contribution in [0.15, 0.2) is 57.8 Å². The first-order chi connectivity index (χ1) is 20.2. The highest BCUT2D eigenvalue weighted by molar-refractivity contribution is 9.10. The van der Waals surface area contributed by atoms with Crippen LogP contribution in [0.2, 0.25) is 0 Å².